The van der Waals surface area contributed by atoms with Crippen LogP contribution >= 0.6 is 0 Å². The maximum absolute atomic E-state index is 2.60. The Bertz CT molecular complexity index is 742. The molecule has 1 heteroatoms. The third kappa shape index (κ3) is 2.71. The minimum absolute atomic E-state index is 0.424. The van der Waals surface area contributed by atoms with E-state index in [1.54, 1.807) is 16.7 Å². The second-order valence-corrected chi connectivity index (χ2v) is 17.7. The Balaban J connectivity index is 1.69. The molecule has 0 aromatic heterocycles. The van der Waals surface area contributed by atoms with Gasteiger partial charge in [0.1, 0.15) is 0 Å². The first-order valence-electron chi connectivity index (χ1n) is 8.89. The standard InChI is InChI=1S/C20H19.2CH3.Hf/c1-2-5-15(6-3-1)9-10-16-11-12-19-13-17-7-4-8-18(17)14-20(16)19;;;/h1-3,5-6,11-14H,4,7-10H2;2*1H3;. The fraction of sp³-hybridized carbons (Fsp3) is 0.364. The van der Waals surface area contributed by atoms with Crippen LogP contribution in [0.1, 0.15) is 40.7 Å². The van der Waals surface area contributed by atoms with Crippen LogP contribution in [0.2, 0.25) is 9.36 Å². The predicted octanol–water partition coefficient (Wildman–Crippen LogP) is 5.74. The molecule has 0 saturated heterocycles. The van der Waals surface area contributed by atoms with Gasteiger partial charge in [-0.2, -0.15) is 0 Å². The van der Waals surface area contributed by atoms with Crippen molar-refractivity contribution in [3.63, 3.8) is 0 Å². The van der Waals surface area contributed by atoms with E-state index in [2.05, 4.69) is 64.0 Å². The van der Waals surface area contributed by atoms with Crippen molar-refractivity contribution in [2.24, 2.45) is 0 Å². The summed E-state index contributed by atoms with van der Waals surface area (Å²) in [6.45, 7) is 0. The number of aryl methyl sites for hydroxylation is 3. The average molecular weight is 468 g/mol. The van der Waals surface area contributed by atoms with Crippen molar-refractivity contribution < 1.29 is 21.4 Å². The number of allylic oxidation sites excluding steroid dienone is 1. The molecule has 0 N–H and O–H groups in total. The SMILES string of the molecule is [CH3][Hf]([CH3])[C]1(CCc2ccccc2)C=Cc2cc3c(cc21)CCC3. The van der Waals surface area contributed by atoms with Gasteiger partial charge in [0.05, 0.1) is 0 Å². The number of rotatable bonds is 4. The Morgan fingerprint density at radius 1 is 1.00 bits per heavy atom. The molecule has 0 bridgehead atoms. The number of benzene rings is 2. The van der Waals surface area contributed by atoms with Crippen LogP contribution in [0.15, 0.2) is 48.5 Å². The minimum atomic E-state index is -1.64. The van der Waals surface area contributed by atoms with Gasteiger partial charge >= 0.3 is 149 Å². The Morgan fingerprint density at radius 3 is 2.48 bits per heavy atom. The van der Waals surface area contributed by atoms with Crippen molar-refractivity contribution in [3.05, 3.63) is 76.4 Å². The predicted molar refractivity (Wildman–Crippen MR) is 95.7 cm³/mol. The molecule has 2 aromatic rings. The fourth-order valence-corrected chi connectivity index (χ4v) is 10.8. The van der Waals surface area contributed by atoms with E-state index in [0.29, 0.717) is 3.17 Å². The first-order valence-corrected chi connectivity index (χ1v) is 17.9. The van der Waals surface area contributed by atoms with Crippen LogP contribution in [0.4, 0.5) is 0 Å². The second-order valence-electron chi connectivity index (χ2n) is 7.35. The third-order valence-corrected chi connectivity index (χ3v) is 14.7. The quantitative estimate of drug-likeness (QED) is 0.503. The molecule has 0 heterocycles. The van der Waals surface area contributed by atoms with Gasteiger partial charge in [0.15, 0.2) is 0 Å². The summed E-state index contributed by atoms with van der Waals surface area (Å²) in [6.07, 6.45) is 11.5. The van der Waals surface area contributed by atoms with E-state index in [4.69, 9.17) is 0 Å². The Kier molecular flexibility index (Phi) is 4.17. The molecule has 0 saturated carbocycles. The summed E-state index contributed by atoms with van der Waals surface area (Å²) < 4.78 is 5.62. The molecule has 23 heavy (non-hydrogen) atoms. The van der Waals surface area contributed by atoms with Crippen molar-refractivity contribution >= 4 is 6.08 Å². The van der Waals surface area contributed by atoms with Gasteiger partial charge in [0, 0.05) is 0 Å². The van der Waals surface area contributed by atoms with Crippen LogP contribution in [0, 0.1) is 0 Å². The van der Waals surface area contributed by atoms with Crippen molar-refractivity contribution in [2.45, 2.75) is 44.6 Å². The molecule has 117 valence electrons. The summed E-state index contributed by atoms with van der Waals surface area (Å²) in [6, 6.07) is 16.1. The maximum atomic E-state index is 2.60. The Labute approximate surface area is 148 Å². The zero-order valence-electron chi connectivity index (χ0n) is 14.2. The van der Waals surface area contributed by atoms with E-state index >= 15 is 0 Å². The Hall–Kier alpha value is -0.950. The monoisotopic (exact) mass is 469 g/mol. The molecule has 2 aliphatic carbocycles. The van der Waals surface area contributed by atoms with Gasteiger partial charge in [-0.15, -0.1) is 0 Å². The van der Waals surface area contributed by atoms with Crippen molar-refractivity contribution in [3.8, 4) is 0 Å². The average Bonchev–Trinajstić information content (AvgIpc) is 3.16. The molecule has 0 spiro atoms. The van der Waals surface area contributed by atoms with Gasteiger partial charge < -0.3 is 0 Å². The van der Waals surface area contributed by atoms with Gasteiger partial charge in [0.25, 0.3) is 0 Å². The zero-order valence-corrected chi connectivity index (χ0v) is 17.8. The summed E-state index contributed by atoms with van der Waals surface area (Å²) in [4.78, 5) is 0. The fourth-order valence-electron chi connectivity index (χ4n) is 4.38. The van der Waals surface area contributed by atoms with Crippen LogP contribution < -0.4 is 0 Å². The molecule has 0 amide bonds. The topological polar surface area (TPSA) is 0 Å². The van der Waals surface area contributed by atoms with Gasteiger partial charge in [0.2, 0.25) is 0 Å². The molecule has 0 nitrogen and oxygen atoms in total. The normalized spacial score (nSPS) is 21.3. The molecule has 1 unspecified atom stereocenters. The first kappa shape index (κ1) is 15.6. The van der Waals surface area contributed by atoms with Crippen molar-refractivity contribution in [2.75, 3.05) is 0 Å². The molecular weight excluding hydrogens is 443 g/mol. The van der Waals surface area contributed by atoms with E-state index < -0.39 is 21.4 Å². The van der Waals surface area contributed by atoms with E-state index in [9.17, 15) is 0 Å². The second kappa shape index (κ2) is 6.16. The van der Waals surface area contributed by atoms with Crippen molar-refractivity contribution in [1.29, 1.82) is 0 Å². The molecule has 0 aliphatic heterocycles. The Morgan fingerprint density at radius 2 is 1.74 bits per heavy atom. The van der Waals surface area contributed by atoms with E-state index in [1.807, 2.05) is 0 Å². The molecular formula is C22H25Hf. The summed E-state index contributed by atoms with van der Waals surface area (Å²) >= 11 is -1.64. The van der Waals surface area contributed by atoms with Crippen molar-refractivity contribution in [1.82, 2.24) is 0 Å². The van der Waals surface area contributed by atoms with Gasteiger partial charge in [-0.25, -0.2) is 0 Å². The van der Waals surface area contributed by atoms with Crippen LogP contribution in [0.5, 0.6) is 0 Å². The summed E-state index contributed by atoms with van der Waals surface area (Å²) in [7, 11) is 0. The van der Waals surface area contributed by atoms with E-state index in [-0.39, 0.29) is 0 Å². The third-order valence-electron chi connectivity index (χ3n) is 5.84. The number of fused-ring (bicyclic) bond motifs is 2. The van der Waals surface area contributed by atoms with Crippen LogP contribution in [0.3, 0.4) is 0 Å². The molecule has 2 aliphatic rings. The molecule has 2 aromatic carbocycles. The summed E-state index contributed by atoms with van der Waals surface area (Å²) in [5.41, 5.74) is 7.96. The summed E-state index contributed by atoms with van der Waals surface area (Å²) in [5.74, 6) is 0. The first-order chi connectivity index (χ1) is 11.2. The zero-order chi connectivity index (χ0) is 15.9. The van der Waals surface area contributed by atoms with E-state index in [0.717, 1.165) is 0 Å². The van der Waals surface area contributed by atoms with Gasteiger partial charge in [-0.3, -0.25) is 0 Å². The van der Waals surface area contributed by atoms with Crippen LogP contribution in [-0.4, -0.2) is 0 Å². The summed E-state index contributed by atoms with van der Waals surface area (Å²) in [5, 5.41) is 0. The number of hydrogen-bond donors (Lipinski definition) is 0. The van der Waals surface area contributed by atoms with Crippen LogP contribution in [-0.2, 0) is 43.9 Å². The van der Waals surface area contributed by atoms with Crippen LogP contribution in [0.25, 0.3) is 6.08 Å². The molecule has 0 radical (unpaired) electrons. The number of hydrogen-bond acceptors (Lipinski definition) is 0. The molecule has 0 fully saturated rings. The van der Waals surface area contributed by atoms with Gasteiger partial charge in [-0.05, 0) is 0 Å². The molecule has 1 atom stereocenters. The van der Waals surface area contributed by atoms with Gasteiger partial charge in [-0.1, -0.05) is 0 Å². The molecule has 4 rings (SSSR count). The van der Waals surface area contributed by atoms with E-state index in [1.165, 1.54) is 43.2 Å².